The number of hydrogen-bond acceptors (Lipinski definition) is 8. The molecular weight excluding hydrogens is 530 g/mol. The van der Waals surface area contributed by atoms with Crippen LogP contribution < -0.4 is 10.1 Å². The number of aromatic nitrogens is 2. The molecule has 1 atom stereocenters. The number of thiazole rings is 2. The van der Waals surface area contributed by atoms with Gasteiger partial charge in [-0.15, -0.1) is 11.3 Å². The molecule has 2 aromatic heterocycles. The smallest absolute Gasteiger partial charge is 0.339 e. The summed E-state index contributed by atoms with van der Waals surface area (Å²) in [6.45, 7) is 1.80. The van der Waals surface area contributed by atoms with Crippen molar-refractivity contribution in [1.29, 1.82) is 0 Å². The molecule has 1 N–H and O–H groups in total. The molecule has 0 saturated carbocycles. The third-order valence-corrected chi connectivity index (χ3v) is 8.39. The number of carbonyl (C=O) groups is 2. The highest BCUT2D eigenvalue weighted by Gasteiger charge is 2.25. The molecule has 1 unspecified atom stereocenters. The van der Waals surface area contributed by atoms with Crippen LogP contribution in [0.25, 0.3) is 41.8 Å². The third kappa shape index (κ3) is 4.82. The third-order valence-electron chi connectivity index (χ3n) is 6.39. The minimum absolute atomic E-state index is 0.311. The monoisotopic (exact) mass is 553 g/mol. The lowest BCUT2D eigenvalue weighted by Gasteiger charge is -2.16. The fourth-order valence-electron chi connectivity index (χ4n) is 4.46. The van der Waals surface area contributed by atoms with Gasteiger partial charge in [0.05, 0.1) is 33.1 Å². The molecule has 9 heteroatoms. The molecule has 0 fully saturated rings. The summed E-state index contributed by atoms with van der Waals surface area (Å²) >= 11 is 2.91. The van der Waals surface area contributed by atoms with Crippen molar-refractivity contribution in [2.75, 3.05) is 12.4 Å². The Morgan fingerprint density at radius 3 is 2.49 bits per heavy atom. The zero-order valence-electron chi connectivity index (χ0n) is 21.1. The fourth-order valence-corrected chi connectivity index (χ4v) is 6.36. The van der Waals surface area contributed by atoms with Crippen LogP contribution in [-0.2, 0) is 9.53 Å². The van der Waals surface area contributed by atoms with Gasteiger partial charge in [-0.3, -0.25) is 10.1 Å². The molecule has 0 bridgehead atoms. The van der Waals surface area contributed by atoms with E-state index < -0.39 is 18.0 Å². The predicted molar refractivity (Wildman–Crippen MR) is 157 cm³/mol. The number of rotatable bonds is 7. The van der Waals surface area contributed by atoms with Crippen LogP contribution in [0, 0.1) is 0 Å². The van der Waals surface area contributed by atoms with Crippen LogP contribution in [0.4, 0.5) is 5.13 Å². The maximum Gasteiger partial charge on any atom is 0.339 e. The number of amides is 1. The van der Waals surface area contributed by atoms with E-state index in [1.807, 2.05) is 72.8 Å². The highest BCUT2D eigenvalue weighted by atomic mass is 32.1. The normalized spacial score (nSPS) is 12.1. The summed E-state index contributed by atoms with van der Waals surface area (Å²) in [5.74, 6) is -0.279. The van der Waals surface area contributed by atoms with Crippen LogP contribution >= 0.6 is 22.7 Å². The van der Waals surface area contributed by atoms with E-state index in [1.165, 1.54) is 11.3 Å². The Labute approximate surface area is 232 Å². The Kier molecular flexibility index (Phi) is 6.68. The van der Waals surface area contributed by atoms with Gasteiger partial charge < -0.3 is 9.47 Å². The van der Waals surface area contributed by atoms with Crippen LogP contribution in [0.3, 0.4) is 0 Å². The van der Waals surface area contributed by atoms with E-state index in [2.05, 4.69) is 10.3 Å². The molecule has 2 heterocycles. The number of esters is 1. The van der Waals surface area contributed by atoms with Crippen molar-refractivity contribution in [1.82, 2.24) is 9.97 Å². The summed E-state index contributed by atoms with van der Waals surface area (Å²) in [5.41, 5.74) is 2.90. The van der Waals surface area contributed by atoms with Crippen molar-refractivity contribution in [3.8, 4) is 16.3 Å². The van der Waals surface area contributed by atoms with Crippen molar-refractivity contribution in [2.24, 2.45) is 0 Å². The van der Waals surface area contributed by atoms with Crippen LogP contribution in [0.5, 0.6) is 5.75 Å². The predicted octanol–water partition coefficient (Wildman–Crippen LogP) is 7.31. The molecule has 0 aliphatic heterocycles. The van der Waals surface area contributed by atoms with E-state index in [0.717, 1.165) is 41.8 Å². The fraction of sp³-hybridized carbons (Fsp3) is 0.133. The Morgan fingerprint density at radius 1 is 0.897 bits per heavy atom. The van der Waals surface area contributed by atoms with Crippen molar-refractivity contribution in [3.05, 3.63) is 84.4 Å². The number of nitrogens with zero attached hydrogens (tertiary/aromatic N) is 2. The van der Waals surface area contributed by atoms with Crippen molar-refractivity contribution >= 4 is 70.9 Å². The number of methoxy groups -OCH3 is 1. The van der Waals surface area contributed by atoms with Gasteiger partial charge >= 0.3 is 5.97 Å². The highest BCUT2D eigenvalue weighted by molar-refractivity contribution is 7.22. The zero-order valence-corrected chi connectivity index (χ0v) is 22.8. The molecular formula is C30H23N3O4S2. The molecule has 0 aliphatic carbocycles. The average Bonchev–Trinajstić information content (AvgIpc) is 3.58. The van der Waals surface area contributed by atoms with Gasteiger partial charge in [0.1, 0.15) is 10.8 Å². The largest absolute Gasteiger partial charge is 0.497 e. The lowest BCUT2D eigenvalue weighted by molar-refractivity contribution is -0.124. The number of para-hydroxylation sites is 1. The molecule has 6 rings (SSSR count). The van der Waals surface area contributed by atoms with Crippen LogP contribution in [0.1, 0.15) is 23.7 Å². The van der Waals surface area contributed by atoms with Gasteiger partial charge in [-0.1, -0.05) is 60.7 Å². The molecule has 0 saturated heterocycles. The Hall–Kier alpha value is -4.34. The topological polar surface area (TPSA) is 90.4 Å². The van der Waals surface area contributed by atoms with Gasteiger partial charge in [0.15, 0.2) is 11.2 Å². The molecule has 7 nitrogen and oxygen atoms in total. The SMILES string of the molecule is CCC(OC(=O)c1cccc2cccc(-c3nc4ccccc4s3)c12)C(=O)Nc1nc2ccc(OC)cc2s1. The average molecular weight is 554 g/mol. The lowest BCUT2D eigenvalue weighted by Crippen LogP contribution is -2.32. The van der Waals surface area contributed by atoms with Crippen LogP contribution in [0.15, 0.2) is 78.9 Å². The minimum Gasteiger partial charge on any atom is -0.497 e. The maximum absolute atomic E-state index is 13.5. The first-order chi connectivity index (χ1) is 19.0. The number of ether oxygens (including phenoxy) is 2. The first kappa shape index (κ1) is 25.0. The van der Waals surface area contributed by atoms with Gasteiger partial charge in [-0.2, -0.15) is 0 Å². The van der Waals surface area contributed by atoms with E-state index in [-0.39, 0.29) is 0 Å². The summed E-state index contributed by atoms with van der Waals surface area (Å²) in [7, 11) is 1.60. The minimum atomic E-state index is -0.982. The lowest BCUT2D eigenvalue weighted by atomic mass is 9.99. The van der Waals surface area contributed by atoms with E-state index in [0.29, 0.717) is 22.9 Å². The number of benzene rings is 4. The molecule has 1 amide bonds. The number of anilines is 1. The summed E-state index contributed by atoms with van der Waals surface area (Å²) < 4.78 is 13.0. The Bertz CT molecular complexity index is 1820. The second-order valence-corrected chi connectivity index (χ2v) is 10.9. The van der Waals surface area contributed by atoms with Gasteiger partial charge in [0, 0.05) is 10.9 Å². The number of fused-ring (bicyclic) bond motifs is 3. The maximum atomic E-state index is 13.5. The van der Waals surface area contributed by atoms with Crippen LogP contribution in [0.2, 0.25) is 0 Å². The summed E-state index contributed by atoms with van der Waals surface area (Å²) in [4.78, 5) is 35.9. The Balaban J connectivity index is 1.28. The van der Waals surface area contributed by atoms with E-state index in [1.54, 1.807) is 31.4 Å². The molecule has 0 aliphatic rings. The van der Waals surface area contributed by atoms with Crippen LogP contribution in [-0.4, -0.2) is 35.1 Å². The molecule has 39 heavy (non-hydrogen) atoms. The zero-order chi connectivity index (χ0) is 26.9. The second kappa shape index (κ2) is 10.4. The van der Waals surface area contributed by atoms with E-state index >= 15 is 0 Å². The van der Waals surface area contributed by atoms with Gasteiger partial charge in [-0.25, -0.2) is 14.8 Å². The molecule has 4 aromatic carbocycles. The standard InChI is InChI=1S/C30H23N3O4S2/c1-3-23(27(34)33-30-32-22-15-14-18(36-2)16-25(22)39-30)37-29(35)20-11-7-9-17-8-6-10-19(26(17)20)28-31-21-12-4-5-13-24(21)38-28/h4-16,23H,3H2,1-2H3,(H,32,33,34). The second-order valence-electron chi connectivity index (χ2n) is 8.84. The van der Waals surface area contributed by atoms with Gasteiger partial charge in [-0.05, 0) is 48.2 Å². The van der Waals surface area contributed by atoms with Crippen molar-refractivity contribution < 1.29 is 19.1 Å². The van der Waals surface area contributed by atoms with Crippen molar-refractivity contribution in [3.63, 3.8) is 0 Å². The number of carbonyl (C=O) groups excluding carboxylic acids is 2. The number of hydrogen-bond donors (Lipinski definition) is 1. The first-order valence-electron chi connectivity index (χ1n) is 12.4. The van der Waals surface area contributed by atoms with E-state index in [9.17, 15) is 9.59 Å². The van der Waals surface area contributed by atoms with E-state index in [4.69, 9.17) is 14.5 Å². The molecule has 6 aromatic rings. The summed E-state index contributed by atoms with van der Waals surface area (Å²) in [6, 6.07) is 24.8. The van der Waals surface area contributed by atoms with Gasteiger partial charge in [0.2, 0.25) is 0 Å². The summed E-state index contributed by atoms with van der Waals surface area (Å²) in [6.07, 6.45) is -0.671. The summed E-state index contributed by atoms with van der Waals surface area (Å²) in [5, 5.41) is 5.70. The molecule has 0 radical (unpaired) electrons. The first-order valence-corrected chi connectivity index (χ1v) is 14.0. The molecule has 0 spiro atoms. The quantitative estimate of drug-likeness (QED) is 0.209. The van der Waals surface area contributed by atoms with Crippen molar-refractivity contribution in [2.45, 2.75) is 19.4 Å². The Morgan fingerprint density at radius 2 is 1.69 bits per heavy atom. The molecule has 194 valence electrons. The number of nitrogens with one attached hydrogen (secondary N) is 1. The highest BCUT2D eigenvalue weighted by Crippen LogP contribution is 2.36. The van der Waals surface area contributed by atoms with Gasteiger partial charge in [0.25, 0.3) is 5.91 Å².